The molecular formula is C19H21N3O5S. The summed E-state index contributed by atoms with van der Waals surface area (Å²) in [5.74, 6) is 0.713. The van der Waals surface area contributed by atoms with Crippen molar-refractivity contribution in [3.63, 3.8) is 0 Å². The van der Waals surface area contributed by atoms with Crippen LogP contribution in [0.2, 0.25) is 0 Å². The molecule has 0 aliphatic carbocycles. The first kappa shape index (κ1) is 21.3. The minimum absolute atomic E-state index is 0.713. The Hall–Kier alpha value is -3.01. The lowest BCUT2D eigenvalue weighted by molar-refractivity contribution is 0.381. The van der Waals surface area contributed by atoms with Gasteiger partial charge in [0.1, 0.15) is 11.4 Å². The second-order valence-electron chi connectivity index (χ2n) is 5.86. The molecule has 0 atom stereocenters. The molecule has 0 spiro atoms. The SMILES string of the molecule is COc1ccccc1N=Nc1ccc(N(C)C)c2ccccc12.O=S(=O)(O)O. The molecule has 148 valence electrons. The molecule has 0 fully saturated rings. The van der Waals surface area contributed by atoms with Gasteiger partial charge in [0.25, 0.3) is 0 Å². The van der Waals surface area contributed by atoms with E-state index in [1.54, 1.807) is 7.11 Å². The van der Waals surface area contributed by atoms with E-state index in [4.69, 9.17) is 22.3 Å². The normalized spacial score (nSPS) is 11.2. The van der Waals surface area contributed by atoms with Gasteiger partial charge in [0.05, 0.1) is 12.8 Å². The van der Waals surface area contributed by atoms with Crippen molar-refractivity contribution in [3.05, 3.63) is 60.7 Å². The summed E-state index contributed by atoms with van der Waals surface area (Å²) in [7, 11) is 1.05. The summed E-state index contributed by atoms with van der Waals surface area (Å²) in [5, 5.41) is 11.0. The average Bonchev–Trinajstić information content (AvgIpc) is 2.64. The van der Waals surface area contributed by atoms with E-state index in [1.807, 2.05) is 56.6 Å². The Kier molecular flexibility index (Phi) is 7.05. The molecule has 28 heavy (non-hydrogen) atoms. The highest BCUT2D eigenvalue weighted by molar-refractivity contribution is 7.79. The van der Waals surface area contributed by atoms with E-state index in [2.05, 4.69) is 33.3 Å². The Morgan fingerprint density at radius 2 is 1.36 bits per heavy atom. The molecule has 0 bridgehead atoms. The Morgan fingerprint density at radius 3 is 1.96 bits per heavy atom. The first-order valence-electron chi connectivity index (χ1n) is 8.14. The molecule has 9 heteroatoms. The molecule has 0 saturated carbocycles. The van der Waals surface area contributed by atoms with Crippen LogP contribution in [-0.4, -0.2) is 38.7 Å². The van der Waals surface area contributed by atoms with Crippen LogP contribution in [0.1, 0.15) is 0 Å². The zero-order valence-electron chi connectivity index (χ0n) is 15.6. The second-order valence-corrected chi connectivity index (χ2v) is 6.76. The second kappa shape index (κ2) is 9.27. The van der Waals surface area contributed by atoms with Gasteiger partial charge in [0.15, 0.2) is 0 Å². The van der Waals surface area contributed by atoms with Crippen molar-refractivity contribution in [3.8, 4) is 5.75 Å². The first-order chi connectivity index (χ1) is 13.2. The standard InChI is InChI=1S/C19H19N3O.H2O4S/c1-22(2)18-13-12-16(14-8-4-5-9-15(14)18)20-21-17-10-6-7-11-19(17)23-3;1-5(2,3)4/h4-13H,1-3H3;(H2,1,2,3,4). The zero-order chi connectivity index (χ0) is 20.7. The maximum Gasteiger partial charge on any atom is 0.394 e. The number of hydrogen-bond acceptors (Lipinski definition) is 6. The molecule has 3 aromatic carbocycles. The van der Waals surface area contributed by atoms with E-state index in [0.29, 0.717) is 5.75 Å². The van der Waals surface area contributed by atoms with Crippen molar-refractivity contribution in [2.24, 2.45) is 10.2 Å². The van der Waals surface area contributed by atoms with Gasteiger partial charge in [-0.05, 0) is 24.3 Å². The third-order valence-corrected chi connectivity index (χ3v) is 3.71. The van der Waals surface area contributed by atoms with Crippen molar-refractivity contribution < 1.29 is 22.3 Å². The molecule has 2 N–H and O–H groups in total. The monoisotopic (exact) mass is 403 g/mol. The fourth-order valence-corrected chi connectivity index (χ4v) is 2.56. The molecule has 0 aliphatic heterocycles. The van der Waals surface area contributed by atoms with Crippen LogP contribution in [0.3, 0.4) is 0 Å². The van der Waals surface area contributed by atoms with Crippen LogP contribution in [0, 0.1) is 0 Å². The predicted octanol–water partition coefficient (Wildman–Crippen LogP) is 4.68. The predicted molar refractivity (Wildman–Crippen MR) is 110 cm³/mol. The molecule has 0 aromatic heterocycles. The Morgan fingerprint density at radius 1 is 0.821 bits per heavy atom. The number of fused-ring (bicyclic) bond motifs is 1. The highest BCUT2D eigenvalue weighted by Gasteiger charge is 2.07. The van der Waals surface area contributed by atoms with Crippen LogP contribution >= 0.6 is 0 Å². The summed E-state index contributed by atoms with van der Waals surface area (Å²) in [6.45, 7) is 0. The molecule has 8 nitrogen and oxygen atoms in total. The Labute approximate surface area is 163 Å². The number of rotatable bonds is 4. The van der Waals surface area contributed by atoms with Gasteiger partial charge in [0.2, 0.25) is 0 Å². The maximum absolute atomic E-state index is 8.74. The summed E-state index contributed by atoms with van der Waals surface area (Å²) in [5.41, 5.74) is 2.73. The number of nitrogens with zero attached hydrogens (tertiary/aromatic N) is 3. The van der Waals surface area contributed by atoms with Gasteiger partial charge in [-0.3, -0.25) is 9.11 Å². The van der Waals surface area contributed by atoms with Crippen LogP contribution in [0.15, 0.2) is 70.9 Å². The third kappa shape index (κ3) is 6.02. The van der Waals surface area contributed by atoms with Crippen LogP contribution in [-0.2, 0) is 10.4 Å². The number of ether oxygens (including phenoxy) is 1. The summed E-state index contributed by atoms with van der Waals surface area (Å²) >= 11 is 0. The van der Waals surface area contributed by atoms with Gasteiger partial charge < -0.3 is 9.64 Å². The Balaban J connectivity index is 0.000000500. The van der Waals surface area contributed by atoms with E-state index in [1.165, 1.54) is 0 Å². The van der Waals surface area contributed by atoms with E-state index in [-0.39, 0.29) is 0 Å². The molecule has 0 unspecified atom stereocenters. The molecule has 0 aliphatic rings. The quantitative estimate of drug-likeness (QED) is 0.483. The highest BCUT2D eigenvalue weighted by Crippen LogP contribution is 2.35. The van der Waals surface area contributed by atoms with Crippen LogP contribution in [0.4, 0.5) is 17.1 Å². The van der Waals surface area contributed by atoms with Crippen LogP contribution in [0.5, 0.6) is 5.75 Å². The topological polar surface area (TPSA) is 112 Å². The van der Waals surface area contributed by atoms with Gasteiger partial charge in [0, 0.05) is 30.6 Å². The number of anilines is 1. The van der Waals surface area contributed by atoms with Gasteiger partial charge in [-0.25, -0.2) is 0 Å². The fourth-order valence-electron chi connectivity index (χ4n) is 2.56. The van der Waals surface area contributed by atoms with Gasteiger partial charge in [-0.15, -0.1) is 10.2 Å². The van der Waals surface area contributed by atoms with Crippen molar-refractivity contribution in [2.45, 2.75) is 0 Å². The van der Waals surface area contributed by atoms with Gasteiger partial charge >= 0.3 is 10.4 Å². The molecule has 0 radical (unpaired) electrons. The number of azo groups is 1. The largest absolute Gasteiger partial charge is 0.494 e. The summed E-state index contributed by atoms with van der Waals surface area (Å²) in [4.78, 5) is 2.10. The highest BCUT2D eigenvalue weighted by atomic mass is 32.3. The maximum atomic E-state index is 8.74. The van der Waals surface area contributed by atoms with Crippen molar-refractivity contribution in [1.82, 2.24) is 0 Å². The van der Waals surface area contributed by atoms with Crippen molar-refractivity contribution >= 4 is 38.2 Å². The molecule has 0 saturated heterocycles. The lowest BCUT2D eigenvalue weighted by atomic mass is 10.1. The fraction of sp³-hybridized carbons (Fsp3) is 0.158. The smallest absolute Gasteiger partial charge is 0.394 e. The van der Waals surface area contributed by atoms with E-state index >= 15 is 0 Å². The summed E-state index contributed by atoms with van der Waals surface area (Å²) in [6, 6.07) is 19.9. The van der Waals surface area contributed by atoms with E-state index in [0.717, 1.165) is 27.8 Å². The number of hydrogen-bond donors (Lipinski definition) is 2. The summed E-state index contributed by atoms with van der Waals surface area (Å²) in [6.07, 6.45) is 0. The number of para-hydroxylation sites is 1. The number of benzene rings is 3. The number of methoxy groups -OCH3 is 1. The molecule has 3 rings (SSSR count). The zero-order valence-corrected chi connectivity index (χ0v) is 16.5. The molecule has 3 aromatic rings. The third-order valence-electron chi connectivity index (χ3n) is 3.71. The van der Waals surface area contributed by atoms with Crippen LogP contribution < -0.4 is 9.64 Å². The minimum Gasteiger partial charge on any atom is -0.494 e. The lowest BCUT2D eigenvalue weighted by Crippen LogP contribution is -2.08. The minimum atomic E-state index is -4.67. The Bertz CT molecular complexity index is 1070. The summed E-state index contributed by atoms with van der Waals surface area (Å²) < 4.78 is 36.9. The van der Waals surface area contributed by atoms with Crippen molar-refractivity contribution in [2.75, 3.05) is 26.1 Å². The van der Waals surface area contributed by atoms with Crippen molar-refractivity contribution in [1.29, 1.82) is 0 Å². The first-order valence-corrected chi connectivity index (χ1v) is 9.54. The molecular weight excluding hydrogens is 382 g/mol. The van der Waals surface area contributed by atoms with E-state index < -0.39 is 10.4 Å². The van der Waals surface area contributed by atoms with Gasteiger partial charge in [-0.1, -0.05) is 36.4 Å². The molecule has 0 amide bonds. The van der Waals surface area contributed by atoms with Crippen LogP contribution in [0.25, 0.3) is 10.8 Å². The van der Waals surface area contributed by atoms with Gasteiger partial charge in [-0.2, -0.15) is 8.42 Å². The lowest BCUT2D eigenvalue weighted by Gasteiger charge is -2.16. The van der Waals surface area contributed by atoms with E-state index in [9.17, 15) is 0 Å². The average molecular weight is 403 g/mol. The molecule has 0 heterocycles.